The van der Waals surface area contributed by atoms with Crippen molar-refractivity contribution in [3.8, 4) is 11.3 Å². The second-order valence-electron chi connectivity index (χ2n) is 7.33. The number of halogens is 1. The summed E-state index contributed by atoms with van der Waals surface area (Å²) in [5.41, 5.74) is 1.79. The zero-order chi connectivity index (χ0) is 21.1. The predicted molar refractivity (Wildman–Crippen MR) is 113 cm³/mol. The molecular formula is C22H21ClN4O3. The molecule has 7 nitrogen and oxygen atoms in total. The quantitative estimate of drug-likeness (QED) is 0.678. The van der Waals surface area contributed by atoms with Gasteiger partial charge >= 0.3 is 0 Å². The molecule has 8 heteroatoms. The Labute approximate surface area is 179 Å². The second-order valence-corrected chi connectivity index (χ2v) is 7.77. The fourth-order valence-corrected chi connectivity index (χ4v) is 3.72. The molecule has 2 amide bonds. The van der Waals surface area contributed by atoms with Crippen molar-refractivity contribution in [3.05, 3.63) is 64.9 Å². The highest BCUT2D eigenvalue weighted by Gasteiger charge is 2.30. The highest BCUT2D eigenvalue weighted by molar-refractivity contribution is 6.30. The van der Waals surface area contributed by atoms with Crippen molar-refractivity contribution in [3.63, 3.8) is 0 Å². The Kier molecular flexibility index (Phi) is 5.81. The smallest absolute Gasteiger partial charge is 0.276 e. The summed E-state index contributed by atoms with van der Waals surface area (Å²) < 4.78 is 5.34. The monoisotopic (exact) mass is 424 g/mol. The number of nitrogens with one attached hydrogen (secondary N) is 1. The number of likely N-dealkylation sites (tertiary alicyclic amines) is 1. The average Bonchev–Trinajstić information content (AvgIpc) is 3.24. The van der Waals surface area contributed by atoms with E-state index in [2.05, 4.69) is 15.5 Å². The number of amides is 2. The van der Waals surface area contributed by atoms with E-state index >= 15 is 0 Å². The number of aryl methyl sites for hydroxylation is 1. The first-order valence-corrected chi connectivity index (χ1v) is 10.1. The van der Waals surface area contributed by atoms with E-state index < -0.39 is 0 Å². The number of anilines is 1. The van der Waals surface area contributed by atoms with Crippen molar-refractivity contribution in [2.45, 2.75) is 19.8 Å². The minimum absolute atomic E-state index is 0.134. The van der Waals surface area contributed by atoms with Crippen LogP contribution in [-0.2, 0) is 4.79 Å². The highest BCUT2D eigenvalue weighted by atomic mass is 35.5. The van der Waals surface area contributed by atoms with Gasteiger partial charge in [0.2, 0.25) is 5.91 Å². The van der Waals surface area contributed by atoms with Gasteiger partial charge in [-0.1, -0.05) is 35.0 Å². The van der Waals surface area contributed by atoms with Crippen molar-refractivity contribution < 1.29 is 14.1 Å². The molecule has 154 valence electrons. The third-order valence-corrected chi connectivity index (χ3v) is 5.29. The van der Waals surface area contributed by atoms with E-state index in [0.717, 1.165) is 17.7 Å². The van der Waals surface area contributed by atoms with Crippen molar-refractivity contribution in [1.82, 2.24) is 15.0 Å². The second kappa shape index (κ2) is 8.67. The van der Waals surface area contributed by atoms with Crippen LogP contribution in [0.5, 0.6) is 0 Å². The van der Waals surface area contributed by atoms with Gasteiger partial charge in [0.05, 0.1) is 5.92 Å². The Morgan fingerprint density at radius 2 is 2.03 bits per heavy atom. The van der Waals surface area contributed by atoms with Gasteiger partial charge < -0.3 is 14.7 Å². The molecule has 1 N–H and O–H groups in total. The van der Waals surface area contributed by atoms with Gasteiger partial charge in [-0.25, -0.2) is 4.98 Å². The molecule has 1 aliphatic heterocycles. The van der Waals surface area contributed by atoms with Gasteiger partial charge in [0.25, 0.3) is 5.91 Å². The molecule has 0 spiro atoms. The molecule has 1 unspecified atom stereocenters. The lowest BCUT2D eigenvalue weighted by atomic mass is 9.97. The van der Waals surface area contributed by atoms with E-state index in [0.29, 0.717) is 36.1 Å². The Morgan fingerprint density at radius 1 is 1.20 bits per heavy atom. The molecule has 1 aliphatic rings. The van der Waals surface area contributed by atoms with Crippen molar-refractivity contribution in [2.24, 2.45) is 5.92 Å². The number of rotatable bonds is 4. The first-order valence-electron chi connectivity index (χ1n) is 9.76. The number of benzene rings is 1. The first-order chi connectivity index (χ1) is 14.5. The molecule has 0 saturated carbocycles. The number of carbonyl (C=O) groups excluding carboxylic acids is 2. The van der Waals surface area contributed by atoms with Crippen LogP contribution in [0.4, 0.5) is 5.82 Å². The van der Waals surface area contributed by atoms with Crippen LogP contribution in [-0.4, -0.2) is 39.9 Å². The van der Waals surface area contributed by atoms with Crippen molar-refractivity contribution in [1.29, 1.82) is 0 Å². The summed E-state index contributed by atoms with van der Waals surface area (Å²) in [5, 5.41) is 7.35. The normalized spacial score (nSPS) is 16.3. The maximum atomic E-state index is 12.9. The van der Waals surface area contributed by atoms with Crippen LogP contribution in [0, 0.1) is 12.8 Å². The minimum Gasteiger partial charge on any atom is -0.355 e. The van der Waals surface area contributed by atoms with E-state index in [1.165, 1.54) is 0 Å². The number of nitrogens with zero attached hydrogens (tertiary/aromatic N) is 3. The van der Waals surface area contributed by atoms with E-state index in [9.17, 15) is 9.59 Å². The van der Waals surface area contributed by atoms with Crippen LogP contribution in [0.15, 0.2) is 53.1 Å². The maximum absolute atomic E-state index is 12.9. The maximum Gasteiger partial charge on any atom is 0.276 e. The first kappa shape index (κ1) is 20.1. The van der Waals surface area contributed by atoms with Crippen LogP contribution < -0.4 is 5.32 Å². The predicted octanol–water partition coefficient (Wildman–Crippen LogP) is 4.19. The van der Waals surface area contributed by atoms with Gasteiger partial charge in [-0.3, -0.25) is 9.59 Å². The molecule has 3 heterocycles. The summed E-state index contributed by atoms with van der Waals surface area (Å²) >= 11 is 6.02. The highest BCUT2D eigenvalue weighted by Crippen LogP contribution is 2.25. The summed E-state index contributed by atoms with van der Waals surface area (Å²) in [4.78, 5) is 31.5. The number of piperidine rings is 1. The Bertz CT molecular complexity index is 1080. The van der Waals surface area contributed by atoms with E-state index in [1.807, 2.05) is 25.1 Å². The zero-order valence-electron chi connectivity index (χ0n) is 16.5. The number of carbonyl (C=O) groups is 2. The van der Waals surface area contributed by atoms with E-state index in [-0.39, 0.29) is 23.4 Å². The summed E-state index contributed by atoms with van der Waals surface area (Å²) in [6, 6.07) is 14.2. The standard InChI is InChI=1S/C22H21ClN4O3/c1-14-5-2-9-20(24-14)25-21(28)16-7-4-10-27(13-16)22(29)18-12-19(30-26-18)15-6-3-8-17(23)11-15/h2-3,5-6,8-9,11-12,16H,4,7,10,13H2,1H3,(H,24,25,28). The molecule has 4 rings (SSSR count). The van der Waals surface area contributed by atoms with Crippen LogP contribution in [0.2, 0.25) is 5.02 Å². The lowest BCUT2D eigenvalue weighted by molar-refractivity contribution is -0.121. The Hall–Kier alpha value is -3.19. The van der Waals surface area contributed by atoms with E-state index in [1.54, 1.807) is 35.2 Å². The third-order valence-electron chi connectivity index (χ3n) is 5.06. The van der Waals surface area contributed by atoms with Crippen LogP contribution in [0.1, 0.15) is 29.0 Å². The number of pyridine rings is 1. The fraction of sp³-hybridized carbons (Fsp3) is 0.273. The number of aromatic nitrogens is 2. The molecule has 2 aromatic heterocycles. The van der Waals surface area contributed by atoms with E-state index in [4.69, 9.17) is 16.1 Å². The summed E-state index contributed by atoms with van der Waals surface area (Å²) in [6.45, 7) is 2.77. The lowest BCUT2D eigenvalue weighted by Crippen LogP contribution is -2.44. The van der Waals surface area contributed by atoms with Crippen molar-refractivity contribution in [2.75, 3.05) is 18.4 Å². The van der Waals surface area contributed by atoms with Gasteiger partial charge in [0.1, 0.15) is 5.82 Å². The topological polar surface area (TPSA) is 88.3 Å². The largest absolute Gasteiger partial charge is 0.355 e. The van der Waals surface area contributed by atoms with Gasteiger partial charge in [0.15, 0.2) is 11.5 Å². The van der Waals surface area contributed by atoms with Crippen LogP contribution in [0.3, 0.4) is 0 Å². The molecule has 0 bridgehead atoms. The van der Waals surface area contributed by atoms with Crippen LogP contribution in [0.25, 0.3) is 11.3 Å². The molecule has 1 saturated heterocycles. The van der Waals surface area contributed by atoms with Crippen molar-refractivity contribution >= 4 is 29.2 Å². The van der Waals surface area contributed by atoms with Crippen LogP contribution >= 0.6 is 11.6 Å². The van der Waals surface area contributed by atoms with Gasteiger partial charge in [0, 0.05) is 35.4 Å². The minimum atomic E-state index is -0.302. The zero-order valence-corrected chi connectivity index (χ0v) is 17.2. The Morgan fingerprint density at radius 3 is 2.83 bits per heavy atom. The molecule has 30 heavy (non-hydrogen) atoms. The Balaban J connectivity index is 1.43. The number of hydrogen-bond acceptors (Lipinski definition) is 5. The van der Waals surface area contributed by atoms with Gasteiger partial charge in [-0.05, 0) is 44.0 Å². The molecule has 1 fully saturated rings. The van der Waals surface area contributed by atoms with Gasteiger partial charge in [-0.2, -0.15) is 0 Å². The molecule has 0 aliphatic carbocycles. The molecule has 0 radical (unpaired) electrons. The summed E-state index contributed by atoms with van der Waals surface area (Å²) in [7, 11) is 0. The SMILES string of the molecule is Cc1cccc(NC(=O)C2CCCN(C(=O)c3cc(-c4cccc(Cl)c4)on3)C2)n1. The number of hydrogen-bond donors (Lipinski definition) is 1. The molecule has 3 aromatic rings. The molecular weight excluding hydrogens is 404 g/mol. The van der Waals surface area contributed by atoms with Gasteiger partial charge in [-0.15, -0.1) is 0 Å². The summed E-state index contributed by atoms with van der Waals surface area (Å²) in [6.07, 6.45) is 1.46. The summed E-state index contributed by atoms with van der Waals surface area (Å²) in [5.74, 6) is 0.302. The lowest BCUT2D eigenvalue weighted by Gasteiger charge is -2.31. The molecule has 1 atom stereocenters. The molecule has 1 aromatic carbocycles. The third kappa shape index (κ3) is 4.52. The fourth-order valence-electron chi connectivity index (χ4n) is 3.53. The average molecular weight is 425 g/mol.